The number of aromatic nitrogens is 1. The lowest BCUT2D eigenvalue weighted by Crippen LogP contribution is -1.96. The molecule has 138 valence electrons. The van der Waals surface area contributed by atoms with Crippen LogP contribution in [0.5, 0.6) is 0 Å². The van der Waals surface area contributed by atoms with Gasteiger partial charge in [-0.2, -0.15) is 0 Å². The molecule has 0 unspecified atom stereocenters. The Morgan fingerprint density at radius 1 is 0.583 bits per heavy atom. The molecule has 0 N–H and O–H groups in total. The molecule has 0 atom stereocenters. The van der Waals surface area contributed by atoms with Crippen molar-refractivity contribution in [1.82, 2.24) is 4.98 Å². The minimum absolute atomic E-state index is 1.23. The van der Waals surface area contributed by atoms with Gasteiger partial charge in [-0.15, -0.1) is 0 Å². The fraction of sp³-hybridized carbons (Fsp3) is 0.783. The molecule has 0 fully saturated rings. The molecular formula is C23H41N. The Labute approximate surface area is 151 Å². The zero-order valence-corrected chi connectivity index (χ0v) is 16.5. The van der Waals surface area contributed by atoms with Crippen LogP contribution in [0.2, 0.25) is 0 Å². The highest BCUT2D eigenvalue weighted by Gasteiger charge is 2.03. The molecule has 0 amide bonds. The van der Waals surface area contributed by atoms with Gasteiger partial charge in [0.2, 0.25) is 0 Å². The molecule has 1 heterocycles. The van der Waals surface area contributed by atoms with Gasteiger partial charge >= 0.3 is 0 Å². The quantitative estimate of drug-likeness (QED) is 0.283. The monoisotopic (exact) mass is 331 g/mol. The van der Waals surface area contributed by atoms with E-state index in [0.717, 1.165) is 0 Å². The highest BCUT2D eigenvalue weighted by Crippen LogP contribution is 2.16. The van der Waals surface area contributed by atoms with Crippen LogP contribution in [-0.4, -0.2) is 4.98 Å². The molecule has 0 aliphatic rings. The molecule has 1 rings (SSSR count). The first-order chi connectivity index (χ1) is 11.9. The maximum atomic E-state index is 4.36. The van der Waals surface area contributed by atoms with Gasteiger partial charge in [0, 0.05) is 12.4 Å². The van der Waals surface area contributed by atoms with Crippen LogP contribution in [0.25, 0.3) is 0 Å². The van der Waals surface area contributed by atoms with Crippen LogP contribution < -0.4 is 0 Å². The van der Waals surface area contributed by atoms with Gasteiger partial charge in [-0.05, 0) is 42.9 Å². The van der Waals surface area contributed by atoms with Crippen molar-refractivity contribution in [3.05, 3.63) is 29.6 Å². The topological polar surface area (TPSA) is 12.9 Å². The Kier molecular flexibility index (Phi) is 13.8. The summed E-state index contributed by atoms with van der Waals surface area (Å²) in [5, 5.41) is 0. The Bertz CT molecular complexity index is 348. The number of pyridine rings is 1. The van der Waals surface area contributed by atoms with Crippen molar-refractivity contribution in [2.24, 2.45) is 0 Å². The molecular weight excluding hydrogens is 290 g/mol. The summed E-state index contributed by atoms with van der Waals surface area (Å²) in [4.78, 5) is 4.36. The van der Waals surface area contributed by atoms with Gasteiger partial charge in [0.15, 0.2) is 0 Å². The van der Waals surface area contributed by atoms with Gasteiger partial charge in [0.05, 0.1) is 0 Å². The number of rotatable bonds is 16. The number of aryl methyl sites for hydroxylation is 2. The number of hydrogen-bond donors (Lipinski definition) is 0. The zero-order chi connectivity index (χ0) is 17.3. The van der Waals surface area contributed by atoms with Gasteiger partial charge in [-0.3, -0.25) is 4.98 Å². The van der Waals surface area contributed by atoms with E-state index in [9.17, 15) is 0 Å². The predicted molar refractivity (Wildman–Crippen MR) is 108 cm³/mol. The summed E-state index contributed by atoms with van der Waals surface area (Å²) in [5.41, 5.74) is 3.07. The van der Waals surface area contributed by atoms with E-state index in [2.05, 4.69) is 31.1 Å². The third-order valence-corrected chi connectivity index (χ3v) is 5.10. The fourth-order valence-electron chi connectivity index (χ4n) is 3.47. The molecule has 0 aromatic carbocycles. The second kappa shape index (κ2) is 15.7. The van der Waals surface area contributed by atoms with Crippen molar-refractivity contribution >= 4 is 0 Å². The second-order valence-corrected chi connectivity index (χ2v) is 7.39. The summed E-state index contributed by atoms with van der Waals surface area (Å²) < 4.78 is 0. The molecule has 0 saturated carbocycles. The first kappa shape index (κ1) is 21.2. The summed E-state index contributed by atoms with van der Waals surface area (Å²) in [6, 6.07) is 2.26. The van der Waals surface area contributed by atoms with Crippen molar-refractivity contribution in [3.63, 3.8) is 0 Å². The molecule has 0 aliphatic heterocycles. The van der Waals surface area contributed by atoms with Crippen LogP contribution in [-0.2, 0) is 12.8 Å². The van der Waals surface area contributed by atoms with Gasteiger partial charge in [-0.1, -0.05) is 90.9 Å². The smallest absolute Gasteiger partial charge is 0.0302 e. The molecule has 0 spiro atoms. The summed E-state index contributed by atoms with van der Waals surface area (Å²) in [7, 11) is 0. The van der Waals surface area contributed by atoms with Gasteiger partial charge in [0.1, 0.15) is 0 Å². The lowest BCUT2D eigenvalue weighted by molar-refractivity contribution is 0.582. The minimum atomic E-state index is 1.23. The van der Waals surface area contributed by atoms with Crippen molar-refractivity contribution in [2.75, 3.05) is 0 Å². The molecule has 1 nitrogen and oxygen atoms in total. The summed E-state index contributed by atoms with van der Waals surface area (Å²) in [6.45, 7) is 4.57. The highest BCUT2D eigenvalue weighted by molar-refractivity contribution is 5.23. The Balaban J connectivity index is 2.14. The van der Waals surface area contributed by atoms with E-state index in [-0.39, 0.29) is 0 Å². The Morgan fingerprint density at radius 2 is 1.04 bits per heavy atom. The molecule has 0 radical (unpaired) electrons. The standard InChI is InChI=1S/C23H41N/c1-3-5-7-9-11-13-15-17-22-19-20-24-21-23(22)18-16-14-12-10-8-6-4-2/h19-21H,3-18H2,1-2H3. The predicted octanol–water partition coefficient (Wildman–Crippen LogP) is 7.67. The zero-order valence-electron chi connectivity index (χ0n) is 16.5. The van der Waals surface area contributed by atoms with Gasteiger partial charge in [-0.25, -0.2) is 0 Å². The molecule has 0 bridgehead atoms. The Morgan fingerprint density at radius 3 is 1.58 bits per heavy atom. The van der Waals surface area contributed by atoms with E-state index < -0.39 is 0 Å². The largest absolute Gasteiger partial charge is 0.264 e. The van der Waals surface area contributed by atoms with Gasteiger partial charge < -0.3 is 0 Å². The first-order valence-corrected chi connectivity index (χ1v) is 10.8. The molecule has 24 heavy (non-hydrogen) atoms. The van der Waals surface area contributed by atoms with Crippen molar-refractivity contribution in [1.29, 1.82) is 0 Å². The summed E-state index contributed by atoms with van der Waals surface area (Å²) in [6.07, 6.45) is 26.1. The van der Waals surface area contributed by atoms with Crippen molar-refractivity contribution < 1.29 is 0 Å². The second-order valence-electron chi connectivity index (χ2n) is 7.39. The summed E-state index contributed by atoms with van der Waals surface area (Å²) in [5.74, 6) is 0. The fourth-order valence-corrected chi connectivity index (χ4v) is 3.47. The van der Waals surface area contributed by atoms with E-state index in [1.54, 1.807) is 5.56 Å². The average Bonchev–Trinajstić information content (AvgIpc) is 2.61. The third-order valence-electron chi connectivity index (χ3n) is 5.10. The van der Waals surface area contributed by atoms with E-state index in [1.807, 2.05) is 6.20 Å². The average molecular weight is 332 g/mol. The normalized spacial score (nSPS) is 11.1. The highest BCUT2D eigenvalue weighted by atomic mass is 14.6. The molecule has 1 aromatic rings. The maximum absolute atomic E-state index is 4.36. The first-order valence-electron chi connectivity index (χ1n) is 10.8. The van der Waals surface area contributed by atoms with E-state index in [1.165, 1.54) is 108 Å². The van der Waals surface area contributed by atoms with Crippen LogP contribution in [0.4, 0.5) is 0 Å². The molecule has 0 aliphatic carbocycles. The molecule has 1 aromatic heterocycles. The van der Waals surface area contributed by atoms with E-state index >= 15 is 0 Å². The van der Waals surface area contributed by atoms with Crippen LogP contribution in [0.15, 0.2) is 18.5 Å². The van der Waals surface area contributed by atoms with Crippen molar-refractivity contribution in [2.45, 2.75) is 117 Å². The van der Waals surface area contributed by atoms with Crippen LogP contribution in [0.1, 0.15) is 115 Å². The summed E-state index contributed by atoms with van der Waals surface area (Å²) >= 11 is 0. The maximum Gasteiger partial charge on any atom is 0.0302 e. The SMILES string of the molecule is CCCCCCCCCc1ccncc1CCCCCCCCC. The number of unbranched alkanes of at least 4 members (excludes halogenated alkanes) is 12. The number of nitrogens with zero attached hydrogens (tertiary/aromatic N) is 1. The van der Waals surface area contributed by atoms with Gasteiger partial charge in [0.25, 0.3) is 0 Å². The lowest BCUT2D eigenvalue weighted by atomic mass is 9.98. The molecule has 1 heteroatoms. The minimum Gasteiger partial charge on any atom is -0.264 e. The van der Waals surface area contributed by atoms with Crippen molar-refractivity contribution in [3.8, 4) is 0 Å². The van der Waals surface area contributed by atoms with E-state index in [0.29, 0.717) is 0 Å². The lowest BCUT2D eigenvalue weighted by Gasteiger charge is -2.09. The molecule has 0 saturated heterocycles. The van der Waals surface area contributed by atoms with Crippen LogP contribution >= 0.6 is 0 Å². The van der Waals surface area contributed by atoms with Crippen LogP contribution in [0.3, 0.4) is 0 Å². The third kappa shape index (κ3) is 10.8. The van der Waals surface area contributed by atoms with E-state index in [4.69, 9.17) is 0 Å². The Hall–Kier alpha value is -0.850. The number of hydrogen-bond acceptors (Lipinski definition) is 1. The van der Waals surface area contributed by atoms with Crippen LogP contribution in [0, 0.1) is 0 Å².